The van der Waals surface area contributed by atoms with Crippen LogP contribution < -0.4 is 10.6 Å². The summed E-state index contributed by atoms with van der Waals surface area (Å²) in [5.74, 6) is -0.244. The smallest absolute Gasteiger partial charge is 0.322 e. The van der Waals surface area contributed by atoms with Gasteiger partial charge < -0.3 is 25.2 Å². The molecule has 8 heteroatoms. The monoisotopic (exact) mass is 472 g/mol. The molecule has 1 fully saturated rings. The van der Waals surface area contributed by atoms with E-state index >= 15 is 0 Å². The number of anilines is 2. The molecular weight excluding hydrogens is 448 g/mol. The van der Waals surface area contributed by atoms with Gasteiger partial charge in [-0.1, -0.05) is 22.0 Å². The number of carbonyl (C=O) groups excluding carboxylic acids is 2. The molecule has 1 unspecified atom stereocenters. The van der Waals surface area contributed by atoms with Crippen LogP contribution in [0, 0.1) is 0 Å². The Kier molecular flexibility index (Phi) is 6.08. The van der Waals surface area contributed by atoms with Gasteiger partial charge in [-0.25, -0.2) is 4.79 Å². The van der Waals surface area contributed by atoms with E-state index in [0.717, 1.165) is 29.7 Å². The van der Waals surface area contributed by atoms with Crippen LogP contribution in [0.15, 0.2) is 46.9 Å². The molecule has 3 amide bonds. The number of likely N-dealkylation sites (tertiary alicyclic amines) is 1. The van der Waals surface area contributed by atoms with Gasteiger partial charge in [-0.05, 0) is 61.0 Å². The second kappa shape index (κ2) is 8.75. The quantitative estimate of drug-likeness (QED) is 0.715. The summed E-state index contributed by atoms with van der Waals surface area (Å²) in [7, 11) is 3.67. The van der Waals surface area contributed by atoms with Gasteiger partial charge in [0.25, 0.3) is 0 Å². The Hall–Kier alpha value is -2.42. The van der Waals surface area contributed by atoms with Crippen molar-refractivity contribution in [3.8, 4) is 0 Å². The number of benzene rings is 2. The van der Waals surface area contributed by atoms with Gasteiger partial charge in [0.1, 0.15) is 12.1 Å². The van der Waals surface area contributed by atoms with Gasteiger partial charge in [0.2, 0.25) is 5.91 Å². The van der Waals surface area contributed by atoms with E-state index < -0.39 is 6.04 Å². The summed E-state index contributed by atoms with van der Waals surface area (Å²) in [5, 5.41) is 5.80. The summed E-state index contributed by atoms with van der Waals surface area (Å²) in [5.41, 5.74) is 3.96. The summed E-state index contributed by atoms with van der Waals surface area (Å²) < 4.78 is 6.34. The summed E-state index contributed by atoms with van der Waals surface area (Å²) in [6.45, 7) is 2.29. The number of ether oxygens (including phenoxy) is 1. The minimum atomic E-state index is -0.674. The summed E-state index contributed by atoms with van der Waals surface area (Å²) >= 11 is 3.37. The number of nitrogens with one attached hydrogen (secondary N) is 2. The number of hydrogen-bond acceptors (Lipinski definition) is 4. The van der Waals surface area contributed by atoms with E-state index in [9.17, 15) is 9.59 Å². The fourth-order valence-corrected chi connectivity index (χ4v) is 4.17. The van der Waals surface area contributed by atoms with Gasteiger partial charge in [0, 0.05) is 36.0 Å². The molecule has 7 nitrogen and oxygen atoms in total. The van der Waals surface area contributed by atoms with Gasteiger partial charge in [-0.15, -0.1) is 0 Å². The first kappa shape index (κ1) is 20.8. The number of carbonyl (C=O) groups is 2. The van der Waals surface area contributed by atoms with E-state index in [4.69, 9.17) is 4.74 Å². The third kappa shape index (κ3) is 4.35. The number of methoxy groups -OCH3 is 1. The second-order valence-corrected chi connectivity index (χ2v) is 8.68. The fourth-order valence-electron chi connectivity index (χ4n) is 3.91. The van der Waals surface area contributed by atoms with Gasteiger partial charge in [0.15, 0.2) is 0 Å². The lowest BCUT2D eigenvalue weighted by molar-refractivity contribution is -0.135. The van der Waals surface area contributed by atoms with Crippen LogP contribution in [0.3, 0.4) is 0 Å². The number of hydrogen-bond donors (Lipinski definition) is 2. The average molecular weight is 473 g/mol. The summed E-state index contributed by atoms with van der Waals surface area (Å²) in [4.78, 5) is 29.4. The van der Waals surface area contributed by atoms with E-state index in [2.05, 4.69) is 44.6 Å². The Morgan fingerprint density at radius 2 is 1.80 bits per heavy atom. The molecule has 0 bridgehead atoms. The Balaban J connectivity index is 1.43. The van der Waals surface area contributed by atoms with Crippen LogP contribution >= 0.6 is 15.9 Å². The van der Waals surface area contributed by atoms with Crippen LogP contribution in [-0.4, -0.2) is 61.1 Å². The zero-order valence-electron chi connectivity index (χ0n) is 17.0. The summed E-state index contributed by atoms with van der Waals surface area (Å²) in [6.07, 6.45) is 0.633. The molecule has 30 heavy (non-hydrogen) atoms. The van der Waals surface area contributed by atoms with Crippen LogP contribution in [0.2, 0.25) is 0 Å². The van der Waals surface area contributed by atoms with Crippen molar-refractivity contribution in [3.05, 3.63) is 58.1 Å². The van der Waals surface area contributed by atoms with Crippen molar-refractivity contribution in [3.63, 3.8) is 0 Å². The van der Waals surface area contributed by atoms with Gasteiger partial charge in [-0.3, -0.25) is 4.79 Å². The molecule has 2 atom stereocenters. The number of fused-ring (bicyclic) bond motifs is 1. The maximum absolute atomic E-state index is 13.0. The molecule has 2 aromatic rings. The Bertz CT molecular complexity index is 950. The standard InChI is InChI=1S/C22H25BrN4O3/c1-26-10-9-14-11-18(6-3-15(14)12-26)24-21(28)20-19(30-2)13-27(20)22(29)25-17-7-4-16(23)5-8-17/h3-8,11,19-20H,9-10,12-13H2,1-2H3,(H,24,28)(H,25,29)/t19-,20?/m0/s1. The van der Waals surface area contributed by atoms with Crippen molar-refractivity contribution in [1.29, 1.82) is 0 Å². The lowest BCUT2D eigenvalue weighted by atomic mass is 9.97. The third-order valence-electron chi connectivity index (χ3n) is 5.67. The van der Waals surface area contributed by atoms with Crippen molar-refractivity contribution in [2.75, 3.05) is 37.9 Å². The van der Waals surface area contributed by atoms with Crippen LogP contribution in [0.25, 0.3) is 0 Å². The molecule has 1 saturated heterocycles. The van der Waals surface area contributed by atoms with Gasteiger partial charge >= 0.3 is 6.03 Å². The highest BCUT2D eigenvalue weighted by Gasteiger charge is 2.47. The van der Waals surface area contributed by atoms with Crippen LogP contribution in [0.4, 0.5) is 16.2 Å². The molecule has 4 rings (SSSR count). The van der Waals surface area contributed by atoms with Crippen molar-refractivity contribution in [1.82, 2.24) is 9.80 Å². The van der Waals surface area contributed by atoms with Gasteiger partial charge in [-0.2, -0.15) is 0 Å². The molecule has 0 radical (unpaired) electrons. The highest BCUT2D eigenvalue weighted by Crippen LogP contribution is 2.26. The Labute approximate surface area is 184 Å². The zero-order chi connectivity index (χ0) is 21.3. The highest BCUT2D eigenvalue weighted by atomic mass is 79.9. The lowest BCUT2D eigenvalue weighted by Gasteiger charge is -2.45. The molecule has 2 aliphatic heterocycles. The van der Waals surface area contributed by atoms with Gasteiger partial charge in [0.05, 0.1) is 6.54 Å². The number of rotatable bonds is 4. The molecule has 158 valence electrons. The second-order valence-electron chi connectivity index (χ2n) is 7.77. The first-order valence-electron chi connectivity index (χ1n) is 9.92. The van der Waals surface area contributed by atoms with Crippen LogP contribution in [0.1, 0.15) is 11.1 Å². The van der Waals surface area contributed by atoms with E-state index in [-0.39, 0.29) is 18.0 Å². The van der Waals surface area contributed by atoms with E-state index in [1.807, 2.05) is 24.3 Å². The van der Waals surface area contributed by atoms with Crippen molar-refractivity contribution in [2.45, 2.75) is 25.1 Å². The largest absolute Gasteiger partial charge is 0.377 e. The average Bonchev–Trinajstić information content (AvgIpc) is 2.69. The predicted molar refractivity (Wildman–Crippen MR) is 120 cm³/mol. The molecule has 0 spiro atoms. The fraction of sp³-hybridized carbons (Fsp3) is 0.364. The molecular formula is C22H25BrN4O3. The van der Waals surface area contributed by atoms with Crippen molar-refractivity contribution < 1.29 is 14.3 Å². The van der Waals surface area contributed by atoms with Crippen molar-refractivity contribution >= 4 is 39.2 Å². The first-order valence-corrected chi connectivity index (χ1v) is 10.7. The summed E-state index contributed by atoms with van der Waals surface area (Å²) in [6, 6.07) is 12.3. The third-order valence-corrected chi connectivity index (χ3v) is 6.20. The molecule has 2 aromatic carbocycles. The minimum Gasteiger partial charge on any atom is -0.377 e. The molecule has 0 aliphatic carbocycles. The van der Waals surface area contributed by atoms with Crippen molar-refractivity contribution in [2.24, 2.45) is 0 Å². The SMILES string of the molecule is CO[C@H]1CN(C(=O)Nc2ccc(Br)cc2)C1C(=O)Nc1ccc2c(c1)CCN(C)C2. The molecule has 0 aromatic heterocycles. The van der Waals surface area contributed by atoms with E-state index in [1.165, 1.54) is 16.0 Å². The van der Waals surface area contributed by atoms with Crippen LogP contribution in [0.5, 0.6) is 0 Å². The molecule has 2 heterocycles. The van der Waals surface area contributed by atoms with Crippen LogP contribution in [-0.2, 0) is 22.5 Å². The predicted octanol–water partition coefficient (Wildman–Crippen LogP) is 3.31. The molecule has 2 N–H and O–H groups in total. The number of nitrogens with zero attached hydrogens (tertiary/aromatic N) is 2. The van der Waals surface area contributed by atoms with E-state index in [0.29, 0.717) is 12.2 Å². The number of amides is 3. The molecule has 0 saturated carbocycles. The zero-order valence-corrected chi connectivity index (χ0v) is 18.6. The Morgan fingerprint density at radius 1 is 1.07 bits per heavy atom. The topological polar surface area (TPSA) is 73.9 Å². The lowest BCUT2D eigenvalue weighted by Crippen LogP contribution is -2.68. The first-order chi connectivity index (χ1) is 14.4. The Morgan fingerprint density at radius 3 is 2.53 bits per heavy atom. The van der Waals surface area contributed by atoms with E-state index in [1.54, 1.807) is 19.2 Å². The highest BCUT2D eigenvalue weighted by molar-refractivity contribution is 9.10. The maximum atomic E-state index is 13.0. The number of likely N-dealkylation sites (N-methyl/N-ethyl adjacent to an activating group) is 1. The number of urea groups is 1. The normalized spacial score (nSPS) is 20.8. The maximum Gasteiger partial charge on any atom is 0.322 e. The molecule has 2 aliphatic rings. The minimum absolute atomic E-state index is 0.244. The number of halogens is 1.